The van der Waals surface area contributed by atoms with Crippen molar-refractivity contribution in [2.75, 3.05) is 0 Å². The summed E-state index contributed by atoms with van der Waals surface area (Å²) in [5.74, 6) is 0.734. The van der Waals surface area contributed by atoms with Gasteiger partial charge in [-0.15, -0.1) is 0 Å². The van der Waals surface area contributed by atoms with E-state index in [4.69, 9.17) is 0 Å². The molecule has 0 radical (unpaired) electrons. The molecule has 1 heteroatoms. The third kappa shape index (κ3) is 2.17. The van der Waals surface area contributed by atoms with Crippen LogP contribution >= 0.6 is 0 Å². The second-order valence-electron chi connectivity index (χ2n) is 4.12. The zero-order valence-corrected chi connectivity index (χ0v) is 9.07. The maximum Gasteiger partial charge on any atom is 0.156 e. The fourth-order valence-electron chi connectivity index (χ4n) is 2.26. The molecule has 1 aliphatic carbocycles. The van der Waals surface area contributed by atoms with Gasteiger partial charge in [0.15, 0.2) is 5.78 Å². The molecular weight excluding hydrogens is 184 g/mol. The largest absolute Gasteiger partial charge is 0.295 e. The fraction of sp³-hybridized carbons (Fsp3) is 0.357. The molecule has 1 nitrogen and oxygen atoms in total. The maximum absolute atomic E-state index is 11.4. The minimum atomic E-state index is 0.285. The molecule has 0 N–H and O–H groups in total. The van der Waals surface area contributed by atoms with Crippen molar-refractivity contribution in [3.05, 3.63) is 42.0 Å². The van der Waals surface area contributed by atoms with Gasteiger partial charge in [0, 0.05) is 6.42 Å². The molecule has 1 aliphatic rings. The Kier molecular flexibility index (Phi) is 3.00. The smallest absolute Gasteiger partial charge is 0.156 e. The van der Waals surface area contributed by atoms with Gasteiger partial charge in [0.05, 0.1) is 0 Å². The first-order valence-electron chi connectivity index (χ1n) is 5.61. The Balaban J connectivity index is 2.27. The molecule has 0 saturated carbocycles. The van der Waals surface area contributed by atoms with Gasteiger partial charge in [0.1, 0.15) is 0 Å². The van der Waals surface area contributed by atoms with E-state index >= 15 is 0 Å². The van der Waals surface area contributed by atoms with Gasteiger partial charge in [0.2, 0.25) is 0 Å². The fourth-order valence-corrected chi connectivity index (χ4v) is 2.26. The molecule has 0 aromatic heterocycles. The number of hydrogen-bond acceptors (Lipinski definition) is 1. The quantitative estimate of drug-likeness (QED) is 0.730. The van der Waals surface area contributed by atoms with Gasteiger partial charge in [-0.3, -0.25) is 4.79 Å². The van der Waals surface area contributed by atoms with Crippen LogP contribution in [-0.4, -0.2) is 5.78 Å². The molecule has 1 aromatic rings. The molecular formula is C14H16O. The molecule has 2 rings (SSSR count). The maximum atomic E-state index is 11.4. The van der Waals surface area contributed by atoms with Crippen molar-refractivity contribution in [3.63, 3.8) is 0 Å². The highest BCUT2D eigenvalue weighted by Crippen LogP contribution is 2.34. The van der Waals surface area contributed by atoms with Crippen molar-refractivity contribution >= 4 is 11.4 Å². The molecule has 15 heavy (non-hydrogen) atoms. The summed E-state index contributed by atoms with van der Waals surface area (Å²) in [7, 11) is 0. The average Bonchev–Trinajstić information content (AvgIpc) is 2.62. The van der Waals surface area contributed by atoms with E-state index in [1.165, 1.54) is 11.1 Å². The molecule has 0 bridgehead atoms. The summed E-state index contributed by atoms with van der Waals surface area (Å²) in [5, 5.41) is 0. The van der Waals surface area contributed by atoms with E-state index in [2.05, 4.69) is 19.1 Å². The van der Waals surface area contributed by atoms with Crippen LogP contribution in [0.5, 0.6) is 0 Å². The Labute approximate surface area is 90.8 Å². The highest BCUT2D eigenvalue weighted by molar-refractivity contribution is 6.02. The Morgan fingerprint density at radius 2 is 2.00 bits per heavy atom. The van der Waals surface area contributed by atoms with Gasteiger partial charge in [-0.1, -0.05) is 43.7 Å². The van der Waals surface area contributed by atoms with Crippen LogP contribution in [0, 0.1) is 5.92 Å². The zero-order chi connectivity index (χ0) is 10.7. The van der Waals surface area contributed by atoms with Gasteiger partial charge in [-0.2, -0.15) is 0 Å². The first-order chi connectivity index (χ1) is 7.31. The third-order valence-electron chi connectivity index (χ3n) is 2.95. The van der Waals surface area contributed by atoms with E-state index in [1.54, 1.807) is 0 Å². The van der Waals surface area contributed by atoms with Gasteiger partial charge >= 0.3 is 0 Å². The lowest BCUT2D eigenvalue weighted by Crippen LogP contribution is -1.99. The Hall–Kier alpha value is -1.37. The van der Waals surface area contributed by atoms with Crippen LogP contribution in [0.15, 0.2) is 36.4 Å². The molecule has 0 amide bonds. The predicted molar refractivity (Wildman–Crippen MR) is 62.4 cm³/mol. The highest BCUT2D eigenvalue weighted by Gasteiger charge is 2.24. The van der Waals surface area contributed by atoms with Crippen LogP contribution in [-0.2, 0) is 4.79 Å². The molecule has 0 aliphatic heterocycles. The van der Waals surface area contributed by atoms with Crippen molar-refractivity contribution in [1.29, 1.82) is 0 Å². The number of allylic oxidation sites excluding steroid dienone is 2. The summed E-state index contributed by atoms with van der Waals surface area (Å²) >= 11 is 0. The van der Waals surface area contributed by atoms with E-state index in [-0.39, 0.29) is 5.78 Å². The summed E-state index contributed by atoms with van der Waals surface area (Å²) in [5.41, 5.74) is 2.45. The second-order valence-corrected chi connectivity index (χ2v) is 4.12. The standard InChI is InChI=1S/C14H16O/c1-2-6-12-9-13(15)10-14(12)11-7-4-3-5-8-11/h3-5,7-8,10,12H,2,6,9H2,1H3. The Morgan fingerprint density at radius 1 is 1.27 bits per heavy atom. The molecule has 0 spiro atoms. The number of ketones is 1. The molecule has 1 aromatic carbocycles. The van der Waals surface area contributed by atoms with Gasteiger partial charge in [0.25, 0.3) is 0 Å². The normalized spacial score (nSPS) is 20.5. The lowest BCUT2D eigenvalue weighted by atomic mass is 9.91. The van der Waals surface area contributed by atoms with Crippen molar-refractivity contribution in [3.8, 4) is 0 Å². The van der Waals surface area contributed by atoms with Gasteiger partial charge in [-0.05, 0) is 29.6 Å². The molecule has 0 saturated heterocycles. The first kappa shape index (κ1) is 10.2. The summed E-state index contributed by atoms with van der Waals surface area (Å²) in [6, 6.07) is 10.2. The first-order valence-corrected chi connectivity index (χ1v) is 5.61. The molecule has 1 atom stereocenters. The number of benzene rings is 1. The summed E-state index contributed by atoms with van der Waals surface area (Å²) in [6.45, 7) is 2.17. The highest BCUT2D eigenvalue weighted by atomic mass is 16.1. The van der Waals surface area contributed by atoms with Crippen LogP contribution in [0.3, 0.4) is 0 Å². The Bertz CT molecular complexity index is 376. The van der Waals surface area contributed by atoms with E-state index < -0.39 is 0 Å². The average molecular weight is 200 g/mol. The topological polar surface area (TPSA) is 17.1 Å². The summed E-state index contributed by atoms with van der Waals surface area (Å²) in [4.78, 5) is 11.4. The van der Waals surface area contributed by atoms with Crippen LogP contribution in [0.4, 0.5) is 0 Å². The van der Waals surface area contributed by atoms with Crippen LogP contribution < -0.4 is 0 Å². The SMILES string of the molecule is CCCC1CC(=O)C=C1c1ccccc1. The van der Waals surface area contributed by atoms with Gasteiger partial charge in [-0.25, -0.2) is 0 Å². The molecule has 0 heterocycles. The van der Waals surface area contributed by atoms with Crippen LogP contribution in [0.25, 0.3) is 5.57 Å². The third-order valence-corrected chi connectivity index (χ3v) is 2.95. The minimum absolute atomic E-state index is 0.285. The van der Waals surface area contributed by atoms with E-state index in [1.807, 2.05) is 24.3 Å². The summed E-state index contributed by atoms with van der Waals surface area (Å²) in [6.07, 6.45) is 4.79. The molecule has 1 unspecified atom stereocenters. The second kappa shape index (κ2) is 4.43. The van der Waals surface area contributed by atoms with Crippen molar-refractivity contribution in [1.82, 2.24) is 0 Å². The van der Waals surface area contributed by atoms with E-state index in [0.717, 1.165) is 12.8 Å². The number of hydrogen-bond donors (Lipinski definition) is 0. The number of carbonyl (C=O) groups is 1. The monoisotopic (exact) mass is 200 g/mol. The lowest BCUT2D eigenvalue weighted by Gasteiger charge is -2.12. The van der Waals surface area contributed by atoms with E-state index in [0.29, 0.717) is 12.3 Å². The zero-order valence-electron chi connectivity index (χ0n) is 9.07. The summed E-state index contributed by atoms with van der Waals surface area (Å²) < 4.78 is 0. The number of rotatable bonds is 3. The minimum Gasteiger partial charge on any atom is -0.295 e. The predicted octanol–water partition coefficient (Wildman–Crippen LogP) is 3.46. The van der Waals surface area contributed by atoms with Crippen molar-refractivity contribution in [2.24, 2.45) is 5.92 Å². The van der Waals surface area contributed by atoms with Gasteiger partial charge < -0.3 is 0 Å². The van der Waals surface area contributed by atoms with Crippen LogP contribution in [0.1, 0.15) is 31.7 Å². The lowest BCUT2D eigenvalue weighted by molar-refractivity contribution is -0.114. The van der Waals surface area contributed by atoms with Crippen LogP contribution in [0.2, 0.25) is 0 Å². The molecule has 78 valence electrons. The van der Waals surface area contributed by atoms with Crippen molar-refractivity contribution < 1.29 is 4.79 Å². The number of carbonyl (C=O) groups excluding carboxylic acids is 1. The van der Waals surface area contributed by atoms with E-state index in [9.17, 15) is 4.79 Å². The van der Waals surface area contributed by atoms with Crippen molar-refractivity contribution in [2.45, 2.75) is 26.2 Å². The Morgan fingerprint density at radius 3 is 2.67 bits per heavy atom. The molecule has 0 fully saturated rings.